The van der Waals surface area contributed by atoms with Crippen LogP contribution in [0.15, 0.2) is 34.7 Å². The largest absolute Gasteiger partial charge is 0.480 e. The second-order valence-electron chi connectivity index (χ2n) is 4.28. The fourth-order valence-corrected chi connectivity index (χ4v) is 3.22. The summed E-state index contributed by atoms with van der Waals surface area (Å²) in [6.07, 6.45) is 0. The van der Waals surface area contributed by atoms with Crippen molar-refractivity contribution in [3.05, 3.63) is 36.1 Å². The van der Waals surface area contributed by atoms with Crippen LogP contribution >= 0.6 is 11.8 Å². The highest BCUT2D eigenvalue weighted by Gasteiger charge is 2.36. The van der Waals surface area contributed by atoms with E-state index in [1.165, 1.54) is 16.7 Å². The number of para-hydroxylation sites is 1. The number of carboxylic acids is 1. The van der Waals surface area contributed by atoms with Crippen LogP contribution in [-0.2, 0) is 4.79 Å². The van der Waals surface area contributed by atoms with Crippen LogP contribution in [0.4, 0.5) is 0 Å². The van der Waals surface area contributed by atoms with Gasteiger partial charge in [-0.3, -0.25) is 4.79 Å². The maximum Gasteiger partial charge on any atom is 0.327 e. The minimum absolute atomic E-state index is 0.190. The van der Waals surface area contributed by atoms with Crippen molar-refractivity contribution in [1.82, 2.24) is 4.90 Å². The summed E-state index contributed by atoms with van der Waals surface area (Å²) in [6.45, 7) is 0. The first-order valence-corrected chi connectivity index (χ1v) is 6.92. The molecule has 0 radical (unpaired) electrons. The van der Waals surface area contributed by atoms with E-state index in [1.807, 2.05) is 18.2 Å². The number of carboxylic acid groups (broad SMARTS) is 1. The molecule has 0 aliphatic carbocycles. The Morgan fingerprint density at radius 3 is 2.89 bits per heavy atom. The molecule has 98 valence electrons. The third kappa shape index (κ3) is 2.08. The number of thioether (sulfide) groups is 1. The first-order chi connectivity index (χ1) is 9.16. The van der Waals surface area contributed by atoms with Gasteiger partial charge in [0.25, 0.3) is 5.91 Å². The molecule has 0 spiro atoms. The summed E-state index contributed by atoms with van der Waals surface area (Å²) in [4.78, 5) is 24.7. The van der Waals surface area contributed by atoms with E-state index in [9.17, 15) is 9.59 Å². The van der Waals surface area contributed by atoms with Gasteiger partial charge < -0.3 is 14.4 Å². The van der Waals surface area contributed by atoms with Crippen molar-refractivity contribution < 1.29 is 19.1 Å². The molecular weight excluding hydrogens is 266 g/mol. The summed E-state index contributed by atoms with van der Waals surface area (Å²) in [5.41, 5.74) is 0.629. The zero-order chi connectivity index (χ0) is 13.4. The number of hydrogen-bond donors (Lipinski definition) is 1. The molecule has 1 N–H and O–H groups in total. The zero-order valence-corrected chi connectivity index (χ0v) is 10.7. The van der Waals surface area contributed by atoms with Crippen LogP contribution in [0, 0.1) is 0 Å². The van der Waals surface area contributed by atoms with E-state index < -0.39 is 12.0 Å². The number of nitrogens with zero attached hydrogens (tertiary/aromatic N) is 1. The quantitative estimate of drug-likeness (QED) is 0.909. The smallest absolute Gasteiger partial charge is 0.327 e. The first-order valence-electron chi connectivity index (χ1n) is 5.77. The zero-order valence-electron chi connectivity index (χ0n) is 9.91. The number of benzene rings is 1. The number of rotatable bonds is 2. The minimum Gasteiger partial charge on any atom is -0.480 e. The molecule has 0 bridgehead atoms. The van der Waals surface area contributed by atoms with Crippen molar-refractivity contribution in [1.29, 1.82) is 0 Å². The summed E-state index contributed by atoms with van der Waals surface area (Å²) >= 11 is 1.43. The summed E-state index contributed by atoms with van der Waals surface area (Å²) in [5, 5.41) is 9.92. The van der Waals surface area contributed by atoms with E-state index in [0.29, 0.717) is 17.2 Å². The fraction of sp³-hybridized carbons (Fsp3) is 0.231. The second-order valence-corrected chi connectivity index (χ2v) is 5.28. The highest BCUT2D eigenvalue weighted by atomic mass is 32.2. The minimum atomic E-state index is -0.977. The highest BCUT2D eigenvalue weighted by molar-refractivity contribution is 7.99. The van der Waals surface area contributed by atoms with E-state index >= 15 is 0 Å². The first kappa shape index (κ1) is 12.1. The van der Waals surface area contributed by atoms with Gasteiger partial charge in [-0.15, -0.1) is 11.8 Å². The average molecular weight is 277 g/mol. The van der Waals surface area contributed by atoms with Crippen LogP contribution in [0.1, 0.15) is 10.6 Å². The molecular formula is C13H11NO4S. The molecule has 1 aromatic heterocycles. The lowest BCUT2D eigenvalue weighted by atomic mass is 10.2. The lowest BCUT2D eigenvalue weighted by Crippen LogP contribution is -2.41. The molecule has 1 aromatic carbocycles. The van der Waals surface area contributed by atoms with E-state index in [4.69, 9.17) is 9.52 Å². The molecule has 0 saturated carbocycles. The second kappa shape index (κ2) is 4.62. The molecule has 3 rings (SSSR count). The molecule has 1 aliphatic rings. The molecule has 1 fully saturated rings. The fourth-order valence-electron chi connectivity index (χ4n) is 2.08. The molecule has 5 nitrogen and oxygen atoms in total. The van der Waals surface area contributed by atoms with Crippen LogP contribution in [0.3, 0.4) is 0 Å². The number of carbonyl (C=O) groups excluding carboxylic acids is 1. The van der Waals surface area contributed by atoms with Crippen molar-refractivity contribution >= 4 is 34.6 Å². The van der Waals surface area contributed by atoms with Gasteiger partial charge in [0.2, 0.25) is 0 Å². The molecule has 2 heterocycles. The number of aliphatic carboxylic acids is 1. The van der Waals surface area contributed by atoms with Gasteiger partial charge in [0.05, 0.1) is 5.88 Å². The predicted molar refractivity (Wildman–Crippen MR) is 71.1 cm³/mol. The van der Waals surface area contributed by atoms with Gasteiger partial charge in [0, 0.05) is 11.1 Å². The Bertz CT molecular complexity index is 618. The predicted octanol–water partition coefficient (Wildman–Crippen LogP) is 2.03. The summed E-state index contributed by atoms with van der Waals surface area (Å²) in [7, 11) is 0. The third-order valence-corrected chi connectivity index (χ3v) is 4.08. The standard InChI is InChI=1S/C13H11NO4S/c15-12(14-7-19-6-9(14)13(16)17)11-5-8-3-1-2-4-10(8)18-11/h1-5,9H,6-7H2,(H,16,17)/t9-/m0/s1. The van der Waals surface area contributed by atoms with Gasteiger partial charge in [-0.05, 0) is 12.1 Å². The van der Waals surface area contributed by atoms with Crippen LogP contribution in [0.25, 0.3) is 11.0 Å². The number of hydrogen-bond acceptors (Lipinski definition) is 4. The van der Waals surface area contributed by atoms with Crippen LogP contribution < -0.4 is 0 Å². The Labute approximate surface area is 113 Å². The van der Waals surface area contributed by atoms with Crippen molar-refractivity contribution in [2.45, 2.75) is 6.04 Å². The van der Waals surface area contributed by atoms with E-state index in [2.05, 4.69) is 0 Å². The van der Waals surface area contributed by atoms with Gasteiger partial charge in [-0.25, -0.2) is 4.79 Å². The summed E-state index contributed by atoms with van der Waals surface area (Å²) in [6, 6.07) is 8.19. The molecule has 1 atom stereocenters. The Morgan fingerprint density at radius 1 is 1.37 bits per heavy atom. The lowest BCUT2D eigenvalue weighted by Gasteiger charge is -2.18. The summed E-state index contributed by atoms with van der Waals surface area (Å²) in [5.74, 6) is -0.355. The van der Waals surface area contributed by atoms with Gasteiger partial charge in [0.1, 0.15) is 11.6 Å². The number of furan rings is 1. The summed E-state index contributed by atoms with van der Waals surface area (Å²) < 4.78 is 5.48. The molecule has 1 aliphatic heterocycles. The maximum absolute atomic E-state index is 12.3. The molecule has 19 heavy (non-hydrogen) atoms. The van der Waals surface area contributed by atoms with E-state index in [0.717, 1.165) is 5.39 Å². The lowest BCUT2D eigenvalue weighted by molar-refractivity contribution is -0.140. The molecule has 2 aromatic rings. The SMILES string of the molecule is O=C(O)[C@@H]1CSCN1C(=O)c1cc2ccccc2o1. The average Bonchev–Trinajstić information content (AvgIpc) is 3.04. The van der Waals surface area contributed by atoms with Crippen LogP contribution in [0.5, 0.6) is 0 Å². The Morgan fingerprint density at radius 2 is 2.16 bits per heavy atom. The number of fused-ring (bicyclic) bond motifs is 1. The molecule has 1 amide bonds. The van der Waals surface area contributed by atoms with Crippen molar-refractivity contribution in [3.8, 4) is 0 Å². The third-order valence-electron chi connectivity index (χ3n) is 3.06. The molecule has 6 heteroatoms. The van der Waals surface area contributed by atoms with Crippen molar-refractivity contribution in [2.75, 3.05) is 11.6 Å². The topological polar surface area (TPSA) is 70.8 Å². The Kier molecular flexibility index (Phi) is 2.94. The van der Waals surface area contributed by atoms with E-state index in [-0.39, 0.29) is 11.7 Å². The maximum atomic E-state index is 12.3. The monoisotopic (exact) mass is 277 g/mol. The van der Waals surface area contributed by atoms with Crippen LogP contribution in [0.2, 0.25) is 0 Å². The van der Waals surface area contributed by atoms with Gasteiger partial charge in [-0.1, -0.05) is 18.2 Å². The van der Waals surface area contributed by atoms with E-state index in [1.54, 1.807) is 12.1 Å². The highest BCUT2D eigenvalue weighted by Crippen LogP contribution is 2.26. The van der Waals surface area contributed by atoms with Gasteiger partial charge >= 0.3 is 5.97 Å². The van der Waals surface area contributed by atoms with Gasteiger partial charge in [-0.2, -0.15) is 0 Å². The van der Waals surface area contributed by atoms with Crippen LogP contribution in [-0.4, -0.2) is 39.6 Å². The normalized spacial score (nSPS) is 18.9. The molecule has 1 saturated heterocycles. The Hall–Kier alpha value is -1.95. The van der Waals surface area contributed by atoms with Crippen molar-refractivity contribution in [2.24, 2.45) is 0 Å². The van der Waals surface area contributed by atoms with Crippen molar-refractivity contribution in [3.63, 3.8) is 0 Å². The Balaban J connectivity index is 1.93. The molecule has 0 unspecified atom stereocenters. The number of amides is 1. The number of carbonyl (C=O) groups is 2. The van der Waals surface area contributed by atoms with Gasteiger partial charge in [0.15, 0.2) is 5.76 Å².